The fourth-order valence-electron chi connectivity index (χ4n) is 2.23. The Bertz CT molecular complexity index is 427. The molecular formula is C19H28. The molecule has 2 rings (SSSR count). The van der Waals surface area contributed by atoms with E-state index in [1.54, 1.807) is 0 Å². The van der Waals surface area contributed by atoms with Crippen LogP contribution in [0.3, 0.4) is 0 Å². The number of allylic oxidation sites excluding steroid dienone is 10. The van der Waals surface area contributed by atoms with Crippen LogP contribution in [0.1, 0.15) is 41.0 Å². The van der Waals surface area contributed by atoms with Gasteiger partial charge in [-0.1, -0.05) is 90.3 Å². The Morgan fingerprint density at radius 1 is 1.05 bits per heavy atom. The van der Waals surface area contributed by atoms with Gasteiger partial charge in [0.15, 0.2) is 0 Å². The first-order valence-electron chi connectivity index (χ1n) is 7.26. The minimum Gasteiger partial charge on any atom is -0.0988 e. The topological polar surface area (TPSA) is 0 Å². The third-order valence-electron chi connectivity index (χ3n) is 3.22. The van der Waals surface area contributed by atoms with E-state index in [4.69, 9.17) is 0 Å². The van der Waals surface area contributed by atoms with Crippen LogP contribution in [0.25, 0.3) is 0 Å². The summed E-state index contributed by atoms with van der Waals surface area (Å²) in [5, 5.41) is 0. The molecular weight excluding hydrogens is 228 g/mol. The second-order valence-electron chi connectivity index (χ2n) is 4.30. The molecule has 0 bridgehead atoms. The van der Waals surface area contributed by atoms with Gasteiger partial charge in [-0.3, -0.25) is 0 Å². The highest BCUT2D eigenvalue weighted by atomic mass is 14.3. The van der Waals surface area contributed by atoms with Crippen molar-refractivity contribution in [3.63, 3.8) is 0 Å². The van der Waals surface area contributed by atoms with Gasteiger partial charge in [0.05, 0.1) is 0 Å². The van der Waals surface area contributed by atoms with Crippen LogP contribution in [-0.2, 0) is 0 Å². The quantitative estimate of drug-likeness (QED) is 0.554. The molecule has 0 aliphatic heterocycles. The fourth-order valence-corrected chi connectivity index (χ4v) is 2.23. The lowest BCUT2D eigenvalue weighted by molar-refractivity contribution is 0.513. The van der Waals surface area contributed by atoms with Crippen LogP contribution in [-0.4, -0.2) is 0 Å². The lowest BCUT2D eigenvalue weighted by atomic mass is 9.70. The van der Waals surface area contributed by atoms with Crippen LogP contribution in [0.2, 0.25) is 0 Å². The summed E-state index contributed by atoms with van der Waals surface area (Å²) in [6.45, 7) is 18.0. The third-order valence-corrected chi connectivity index (χ3v) is 3.22. The van der Waals surface area contributed by atoms with Crippen molar-refractivity contribution in [3.8, 4) is 0 Å². The zero-order valence-electron chi connectivity index (χ0n) is 13.2. The maximum Gasteiger partial charge on any atom is 0.0147 e. The summed E-state index contributed by atoms with van der Waals surface area (Å²) < 4.78 is 0. The monoisotopic (exact) mass is 256 g/mol. The Morgan fingerprint density at radius 2 is 1.68 bits per heavy atom. The van der Waals surface area contributed by atoms with E-state index in [0.29, 0.717) is 0 Å². The van der Waals surface area contributed by atoms with Crippen molar-refractivity contribution in [3.05, 3.63) is 72.4 Å². The minimum absolute atomic E-state index is 0.144. The number of hydrogen-bond acceptors (Lipinski definition) is 0. The zero-order valence-corrected chi connectivity index (χ0v) is 13.2. The van der Waals surface area contributed by atoms with Gasteiger partial charge in [0.2, 0.25) is 0 Å². The Hall–Kier alpha value is -1.56. The molecule has 0 aromatic rings. The van der Waals surface area contributed by atoms with Crippen molar-refractivity contribution < 1.29 is 0 Å². The van der Waals surface area contributed by atoms with E-state index in [2.05, 4.69) is 50.5 Å². The van der Waals surface area contributed by atoms with Crippen LogP contribution in [0, 0.1) is 5.41 Å². The lowest BCUT2D eigenvalue weighted by Gasteiger charge is -2.34. The van der Waals surface area contributed by atoms with Crippen molar-refractivity contribution in [2.24, 2.45) is 5.41 Å². The fraction of sp³-hybridized carbons (Fsp3) is 0.368. The van der Waals surface area contributed by atoms with Crippen LogP contribution in [0.4, 0.5) is 0 Å². The highest BCUT2D eigenvalue weighted by molar-refractivity contribution is 5.53. The molecule has 2 aliphatic rings. The van der Waals surface area contributed by atoms with Crippen molar-refractivity contribution in [2.75, 3.05) is 0 Å². The molecule has 0 amide bonds. The van der Waals surface area contributed by atoms with E-state index in [-0.39, 0.29) is 5.41 Å². The van der Waals surface area contributed by atoms with Gasteiger partial charge >= 0.3 is 0 Å². The molecule has 0 fully saturated rings. The van der Waals surface area contributed by atoms with Gasteiger partial charge in [0.1, 0.15) is 0 Å². The first kappa shape index (κ1) is 17.4. The van der Waals surface area contributed by atoms with Crippen LogP contribution in [0.5, 0.6) is 0 Å². The smallest absolute Gasteiger partial charge is 0.0147 e. The van der Waals surface area contributed by atoms with Crippen LogP contribution >= 0.6 is 0 Å². The predicted molar refractivity (Wildman–Crippen MR) is 89.2 cm³/mol. The predicted octanol–water partition coefficient (Wildman–Crippen LogP) is 6.17. The summed E-state index contributed by atoms with van der Waals surface area (Å²) >= 11 is 0. The zero-order chi connectivity index (χ0) is 14.9. The molecule has 104 valence electrons. The molecule has 0 saturated heterocycles. The van der Waals surface area contributed by atoms with Crippen molar-refractivity contribution in [1.29, 1.82) is 0 Å². The number of rotatable bonds is 2. The maximum absolute atomic E-state index is 3.87. The Morgan fingerprint density at radius 3 is 2.21 bits per heavy atom. The second kappa shape index (κ2) is 8.53. The molecule has 0 heteroatoms. The first-order chi connectivity index (χ1) is 9.19. The standard InChI is InChI=1S/C15H16.2C2H6/c1-4-12-10-14-8-6-7-9-15(14,3)11-13(12)5-2;2*1-2/h4-10H,1-2,11H2,3H3;2*1-2H3. The molecule has 0 aromatic carbocycles. The largest absolute Gasteiger partial charge is 0.0988 e. The molecule has 0 N–H and O–H groups in total. The van der Waals surface area contributed by atoms with Gasteiger partial charge in [-0.05, 0) is 23.1 Å². The minimum atomic E-state index is 0.144. The van der Waals surface area contributed by atoms with Gasteiger partial charge in [-0.25, -0.2) is 0 Å². The van der Waals surface area contributed by atoms with E-state index >= 15 is 0 Å². The maximum atomic E-state index is 3.87. The van der Waals surface area contributed by atoms with E-state index in [1.807, 2.05) is 39.8 Å². The van der Waals surface area contributed by atoms with Gasteiger partial charge in [-0.15, -0.1) is 0 Å². The SMILES string of the molecule is C=CC1=C(C=C)CC2(C)C=CC=CC2=C1.CC.CC. The van der Waals surface area contributed by atoms with E-state index in [1.165, 1.54) is 16.7 Å². The van der Waals surface area contributed by atoms with Crippen molar-refractivity contribution in [2.45, 2.75) is 41.0 Å². The van der Waals surface area contributed by atoms with Gasteiger partial charge < -0.3 is 0 Å². The molecule has 0 nitrogen and oxygen atoms in total. The molecule has 0 spiro atoms. The average molecular weight is 256 g/mol. The molecule has 0 saturated carbocycles. The summed E-state index contributed by atoms with van der Waals surface area (Å²) in [5.41, 5.74) is 4.00. The van der Waals surface area contributed by atoms with Gasteiger partial charge in [0.25, 0.3) is 0 Å². The Kier molecular flexibility index (Phi) is 7.83. The highest BCUT2D eigenvalue weighted by Crippen LogP contribution is 2.43. The van der Waals surface area contributed by atoms with Crippen LogP contribution < -0.4 is 0 Å². The normalized spacial score (nSPS) is 23.1. The molecule has 0 aromatic heterocycles. The lowest BCUT2D eigenvalue weighted by Crippen LogP contribution is -2.21. The Balaban J connectivity index is 0.000000741. The van der Waals surface area contributed by atoms with Gasteiger partial charge in [0, 0.05) is 5.41 Å². The summed E-state index contributed by atoms with van der Waals surface area (Å²) in [4.78, 5) is 0. The summed E-state index contributed by atoms with van der Waals surface area (Å²) in [6, 6.07) is 0. The number of hydrogen-bond donors (Lipinski definition) is 0. The summed E-state index contributed by atoms with van der Waals surface area (Å²) in [7, 11) is 0. The van der Waals surface area contributed by atoms with Crippen molar-refractivity contribution in [1.82, 2.24) is 0 Å². The molecule has 1 atom stereocenters. The van der Waals surface area contributed by atoms with Crippen LogP contribution in [0.15, 0.2) is 72.4 Å². The van der Waals surface area contributed by atoms with E-state index in [9.17, 15) is 0 Å². The van der Waals surface area contributed by atoms with Gasteiger partial charge in [-0.2, -0.15) is 0 Å². The van der Waals surface area contributed by atoms with E-state index in [0.717, 1.165) is 6.42 Å². The number of fused-ring (bicyclic) bond motifs is 1. The molecule has 2 aliphatic carbocycles. The average Bonchev–Trinajstić information content (AvgIpc) is 2.49. The molecule has 19 heavy (non-hydrogen) atoms. The molecule has 1 unspecified atom stereocenters. The Labute approximate surface area is 119 Å². The molecule has 0 heterocycles. The second-order valence-corrected chi connectivity index (χ2v) is 4.30. The first-order valence-corrected chi connectivity index (χ1v) is 7.26. The van der Waals surface area contributed by atoms with E-state index < -0.39 is 0 Å². The highest BCUT2D eigenvalue weighted by Gasteiger charge is 2.30. The van der Waals surface area contributed by atoms with Crippen molar-refractivity contribution >= 4 is 0 Å². The third kappa shape index (κ3) is 3.96. The summed E-state index contributed by atoms with van der Waals surface area (Å²) in [6.07, 6.45) is 15.8. The summed E-state index contributed by atoms with van der Waals surface area (Å²) in [5.74, 6) is 0. The molecule has 0 radical (unpaired) electrons.